The van der Waals surface area contributed by atoms with Gasteiger partial charge in [-0.05, 0) is 47.2 Å². The Morgan fingerprint density at radius 1 is 1.59 bits per heavy atom. The molecule has 17 heavy (non-hydrogen) atoms. The van der Waals surface area contributed by atoms with Crippen LogP contribution >= 0.6 is 22.6 Å². The van der Waals surface area contributed by atoms with Crippen LogP contribution < -0.4 is 0 Å². The summed E-state index contributed by atoms with van der Waals surface area (Å²) in [5.41, 5.74) is 0.613. The van der Waals surface area contributed by atoms with E-state index in [0.29, 0.717) is 15.7 Å². The van der Waals surface area contributed by atoms with Gasteiger partial charge in [-0.15, -0.1) is 0 Å². The molecule has 1 aromatic rings. The third kappa shape index (κ3) is 4.14. The summed E-state index contributed by atoms with van der Waals surface area (Å²) in [6.07, 6.45) is 2.73. The minimum absolute atomic E-state index is 0.0246. The van der Waals surface area contributed by atoms with Gasteiger partial charge >= 0.3 is 5.97 Å². The van der Waals surface area contributed by atoms with Gasteiger partial charge in [0.1, 0.15) is 0 Å². The number of benzene rings is 1. The van der Waals surface area contributed by atoms with Crippen molar-refractivity contribution in [2.45, 2.75) is 6.92 Å². The van der Waals surface area contributed by atoms with Gasteiger partial charge in [0.05, 0.1) is 15.1 Å². The Morgan fingerprint density at radius 2 is 2.29 bits per heavy atom. The number of nitro groups is 1. The Morgan fingerprint density at radius 3 is 2.88 bits per heavy atom. The van der Waals surface area contributed by atoms with E-state index < -0.39 is 10.9 Å². The number of hydrogen-bond donors (Lipinski definition) is 0. The van der Waals surface area contributed by atoms with Crippen molar-refractivity contribution < 1.29 is 14.5 Å². The Balaban J connectivity index is 2.89. The molecule has 0 bridgehead atoms. The van der Waals surface area contributed by atoms with Crippen molar-refractivity contribution in [3.8, 4) is 0 Å². The SMILES string of the molecule is CCOC(=O)/C=C/c1ccc(I)c([N+](=O)[O-])c1. The lowest BCUT2D eigenvalue weighted by Gasteiger charge is -1.98. The Bertz CT molecular complexity index is 471. The molecule has 1 aromatic carbocycles. The van der Waals surface area contributed by atoms with Crippen LogP contribution in [0.2, 0.25) is 0 Å². The van der Waals surface area contributed by atoms with Crippen molar-refractivity contribution in [3.63, 3.8) is 0 Å². The maximum atomic E-state index is 11.1. The first-order chi connectivity index (χ1) is 8.04. The summed E-state index contributed by atoms with van der Waals surface area (Å²) in [6.45, 7) is 2.01. The summed E-state index contributed by atoms with van der Waals surface area (Å²) in [7, 11) is 0. The largest absolute Gasteiger partial charge is 0.463 e. The van der Waals surface area contributed by atoms with Gasteiger partial charge in [0.2, 0.25) is 0 Å². The molecular formula is C11H10INO4. The van der Waals surface area contributed by atoms with Crippen molar-refractivity contribution in [3.05, 3.63) is 43.5 Å². The van der Waals surface area contributed by atoms with Crippen LogP contribution in [0.25, 0.3) is 6.08 Å². The van der Waals surface area contributed by atoms with E-state index in [0.717, 1.165) is 0 Å². The van der Waals surface area contributed by atoms with E-state index >= 15 is 0 Å². The Hall–Kier alpha value is -1.44. The van der Waals surface area contributed by atoms with Gasteiger partial charge in [0.15, 0.2) is 0 Å². The maximum Gasteiger partial charge on any atom is 0.330 e. The zero-order valence-electron chi connectivity index (χ0n) is 9.05. The van der Waals surface area contributed by atoms with Crippen molar-refractivity contribution >= 4 is 40.3 Å². The molecule has 0 unspecified atom stereocenters. The van der Waals surface area contributed by atoms with E-state index in [1.165, 1.54) is 18.2 Å². The molecule has 0 atom stereocenters. The van der Waals surface area contributed by atoms with Crippen molar-refractivity contribution in [1.29, 1.82) is 0 Å². The van der Waals surface area contributed by atoms with Crippen LogP contribution in [0, 0.1) is 13.7 Å². The van der Waals surface area contributed by atoms with Crippen LogP contribution in [0.5, 0.6) is 0 Å². The highest BCUT2D eigenvalue weighted by atomic mass is 127. The molecular weight excluding hydrogens is 337 g/mol. The molecule has 0 aliphatic carbocycles. The fourth-order valence-corrected chi connectivity index (χ4v) is 1.66. The van der Waals surface area contributed by atoms with Gasteiger partial charge < -0.3 is 4.74 Å². The van der Waals surface area contributed by atoms with Crippen molar-refractivity contribution in [1.82, 2.24) is 0 Å². The summed E-state index contributed by atoms with van der Waals surface area (Å²) >= 11 is 1.89. The number of carbonyl (C=O) groups is 1. The summed E-state index contributed by atoms with van der Waals surface area (Å²) in [6, 6.07) is 4.74. The fraction of sp³-hybridized carbons (Fsp3) is 0.182. The molecule has 0 saturated carbocycles. The molecule has 5 nitrogen and oxygen atoms in total. The van der Waals surface area contributed by atoms with Crippen LogP contribution in [0.4, 0.5) is 5.69 Å². The number of rotatable bonds is 4. The van der Waals surface area contributed by atoms with Crippen LogP contribution in [0.3, 0.4) is 0 Å². The summed E-state index contributed by atoms with van der Waals surface area (Å²) in [5, 5.41) is 10.7. The standard InChI is InChI=1S/C11H10INO4/c1-2-17-11(14)6-4-8-3-5-9(12)10(7-8)13(15)16/h3-7H,2H2,1H3/b6-4+. The van der Waals surface area contributed by atoms with Crippen molar-refractivity contribution in [2.24, 2.45) is 0 Å². The highest BCUT2D eigenvalue weighted by Crippen LogP contribution is 2.22. The topological polar surface area (TPSA) is 69.4 Å². The zero-order valence-corrected chi connectivity index (χ0v) is 11.2. The minimum Gasteiger partial charge on any atom is -0.463 e. The van der Waals surface area contributed by atoms with E-state index in [4.69, 9.17) is 4.74 Å². The molecule has 1 rings (SSSR count). The molecule has 0 spiro atoms. The predicted molar refractivity (Wildman–Crippen MR) is 71.5 cm³/mol. The van der Waals surface area contributed by atoms with Crippen molar-refractivity contribution in [2.75, 3.05) is 6.61 Å². The second-order valence-corrected chi connectivity index (χ2v) is 4.22. The maximum absolute atomic E-state index is 11.1. The average Bonchev–Trinajstić information content (AvgIpc) is 2.28. The second-order valence-electron chi connectivity index (χ2n) is 3.05. The van der Waals surface area contributed by atoms with E-state index in [1.54, 1.807) is 19.1 Å². The number of halogens is 1. The fourth-order valence-electron chi connectivity index (χ4n) is 1.13. The number of carbonyl (C=O) groups excluding carboxylic acids is 1. The Labute approximate surface area is 112 Å². The molecule has 0 aliphatic rings. The van der Waals surface area contributed by atoms with E-state index in [1.807, 2.05) is 22.6 Å². The van der Waals surface area contributed by atoms with Gasteiger partial charge in [-0.1, -0.05) is 6.07 Å². The first-order valence-corrected chi connectivity index (χ1v) is 5.91. The molecule has 0 fully saturated rings. The molecule has 0 aliphatic heterocycles. The molecule has 0 heterocycles. The van der Waals surface area contributed by atoms with Gasteiger partial charge in [-0.2, -0.15) is 0 Å². The molecule has 0 saturated heterocycles. The van der Waals surface area contributed by atoms with Crippen LogP contribution in [-0.4, -0.2) is 17.5 Å². The quantitative estimate of drug-likeness (QED) is 0.276. The smallest absolute Gasteiger partial charge is 0.330 e. The van der Waals surface area contributed by atoms with Gasteiger partial charge in [-0.3, -0.25) is 10.1 Å². The summed E-state index contributed by atoms with van der Waals surface area (Å²) in [4.78, 5) is 21.3. The lowest BCUT2D eigenvalue weighted by atomic mass is 10.2. The lowest BCUT2D eigenvalue weighted by molar-refractivity contribution is -0.385. The second kappa shape index (κ2) is 6.33. The molecule has 0 N–H and O–H groups in total. The number of esters is 1. The molecule has 0 radical (unpaired) electrons. The van der Waals surface area contributed by atoms with Gasteiger partial charge in [-0.25, -0.2) is 4.79 Å². The van der Waals surface area contributed by atoms with E-state index in [-0.39, 0.29) is 5.69 Å². The first-order valence-electron chi connectivity index (χ1n) is 4.83. The predicted octanol–water partition coefficient (Wildman–Crippen LogP) is 2.78. The third-order valence-electron chi connectivity index (χ3n) is 1.87. The molecule has 6 heteroatoms. The number of ether oxygens (including phenoxy) is 1. The highest BCUT2D eigenvalue weighted by Gasteiger charge is 2.11. The summed E-state index contributed by atoms with van der Waals surface area (Å²) < 4.78 is 5.26. The van der Waals surface area contributed by atoms with Crippen LogP contribution in [0.15, 0.2) is 24.3 Å². The molecule has 90 valence electrons. The van der Waals surface area contributed by atoms with Crippen LogP contribution in [-0.2, 0) is 9.53 Å². The number of hydrogen-bond acceptors (Lipinski definition) is 4. The third-order valence-corrected chi connectivity index (χ3v) is 2.78. The number of nitrogens with zero attached hydrogens (tertiary/aromatic N) is 1. The molecule has 0 aromatic heterocycles. The summed E-state index contributed by atoms with van der Waals surface area (Å²) in [5.74, 6) is -0.464. The highest BCUT2D eigenvalue weighted by molar-refractivity contribution is 14.1. The van der Waals surface area contributed by atoms with Gasteiger partial charge in [0, 0.05) is 12.1 Å². The molecule has 0 amide bonds. The van der Waals surface area contributed by atoms with E-state index in [2.05, 4.69) is 0 Å². The monoisotopic (exact) mass is 347 g/mol. The minimum atomic E-state index is -0.464. The Kier molecular flexibility index (Phi) is 5.08. The van der Waals surface area contributed by atoms with E-state index in [9.17, 15) is 14.9 Å². The number of nitro benzene ring substituents is 1. The lowest BCUT2D eigenvalue weighted by Crippen LogP contribution is -1.98. The zero-order chi connectivity index (χ0) is 12.8. The van der Waals surface area contributed by atoms with Gasteiger partial charge in [0.25, 0.3) is 5.69 Å². The van der Waals surface area contributed by atoms with Crippen LogP contribution in [0.1, 0.15) is 12.5 Å². The normalized spacial score (nSPS) is 10.5. The first kappa shape index (κ1) is 13.6. The average molecular weight is 347 g/mol.